The maximum absolute atomic E-state index is 11.2. The van der Waals surface area contributed by atoms with E-state index in [2.05, 4.69) is 18.5 Å². The van der Waals surface area contributed by atoms with Gasteiger partial charge in [0, 0.05) is 12.1 Å². The molecule has 1 atom stereocenters. The lowest BCUT2D eigenvalue weighted by Crippen LogP contribution is -2.35. The lowest BCUT2D eigenvalue weighted by molar-refractivity contribution is -0.151. The average molecular weight is 197 g/mol. The second-order valence-corrected chi connectivity index (χ2v) is 2.86. The highest BCUT2D eigenvalue weighted by Crippen LogP contribution is 1.98. The number of nitrogens with one attached hydrogen (secondary N) is 1. The van der Waals surface area contributed by atoms with E-state index in [0.29, 0.717) is 6.54 Å². The maximum Gasteiger partial charge on any atom is 0.333 e. The summed E-state index contributed by atoms with van der Waals surface area (Å²) in [5.74, 6) is -0.911. The number of ether oxygens (including phenoxy) is 1. The first-order valence-electron chi connectivity index (χ1n) is 4.24. The topological polar surface area (TPSA) is 55.4 Å². The predicted octanol–water partition coefficient (Wildman–Crippen LogP) is 0.796. The van der Waals surface area contributed by atoms with E-state index in [1.807, 2.05) is 0 Å². The molecule has 0 saturated carbocycles. The van der Waals surface area contributed by atoms with Crippen molar-refractivity contribution in [1.82, 2.24) is 5.32 Å². The Kier molecular flexibility index (Phi) is 5.29. The van der Waals surface area contributed by atoms with Crippen molar-refractivity contribution in [3.05, 3.63) is 24.8 Å². The number of carbonyl (C=O) groups excluding carboxylic acids is 2. The number of hydrogen-bond donors (Lipinski definition) is 1. The van der Waals surface area contributed by atoms with Crippen LogP contribution < -0.4 is 5.32 Å². The normalized spacial score (nSPS) is 11.3. The Labute approximate surface area is 83.6 Å². The van der Waals surface area contributed by atoms with Crippen LogP contribution in [0.25, 0.3) is 0 Å². The molecule has 0 rings (SSSR count). The molecule has 78 valence electrons. The Morgan fingerprint density at radius 2 is 2.14 bits per heavy atom. The zero-order valence-electron chi connectivity index (χ0n) is 8.50. The van der Waals surface area contributed by atoms with Crippen molar-refractivity contribution in [3.63, 3.8) is 0 Å². The van der Waals surface area contributed by atoms with Crippen LogP contribution in [0.15, 0.2) is 24.8 Å². The second-order valence-electron chi connectivity index (χ2n) is 2.86. The number of esters is 1. The molecule has 14 heavy (non-hydrogen) atoms. The second kappa shape index (κ2) is 5.96. The molecule has 0 fully saturated rings. The molecule has 1 amide bonds. The number of hydrogen-bond acceptors (Lipinski definition) is 3. The van der Waals surface area contributed by atoms with E-state index in [-0.39, 0.29) is 11.5 Å². The van der Waals surface area contributed by atoms with Gasteiger partial charge in [-0.15, -0.1) is 6.58 Å². The van der Waals surface area contributed by atoms with Gasteiger partial charge >= 0.3 is 5.97 Å². The smallest absolute Gasteiger partial charge is 0.333 e. The molecule has 4 heteroatoms. The zero-order valence-corrected chi connectivity index (χ0v) is 8.50. The lowest BCUT2D eigenvalue weighted by atomic mass is 10.3. The van der Waals surface area contributed by atoms with Gasteiger partial charge in [0.15, 0.2) is 6.10 Å². The van der Waals surface area contributed by atoms with Crippen molar-refractivity contribution in [1.29, 1.82) is 0 Å². The third kappa shape index (κ3) is 4.45. The van der Waals surface area contributed by atoms with Gasteiger partial charge in [0.25, 0.3) is 5.91 Å². The van der Waals surface area contributed by atoms with E-state index in [0.717, 1.165) is 0 Å². The molecule has 0 radical (unpaired) electrons. The highest BCUT2D eigenvalue weighted by molar-refractivity contribution is 5.90. The van der Waals surface area contributed by atoms with Crippen molar-refractivity contribution >= 4 is 11.9 Å². The van der Waals surface area contributed by atoms with Gasteiger partial charge in [0.05, 0.1) is 0 Å². The van der Waals surface area contributed by atoms with E-state index >= 15 is 0 Å². The molecule has 0 aromatic carbocycles. The van der Waals surface area contributed by atoms with Crippen LogP contribution in [0.1, 0.15) is 13.8 Å². The SMILES string of the molecule is C=CCNC(=O)C(C)OC(=O)C(=C)C. The molecule has 0 aromatic heterocycles. The Balaban J connectivity index is 4.00. The van der Waals surface area contributed by atoms with Gasteiger partial charge in [0.1, 0.15) is 0 Å². The number of rotatable bonds is 5. The molecule has 0 aromatic rings. The van der Waals surface area contributed by atoms with Gasteiger partial charge in [-0.2, -0.15) is 0 Å². The molecule has 0 heterocycles. The molecule has 1 N–H and O–H groups in total. The standard InChI is InChI=1S/C10H15NO3/c1-5-6-11-9(12)8(4)14-10(13)7(2)3/h5,8H,1-2,6H2,3-4H3,(H,11,12). The van der Waals surface area contributed by atoms with Crippen LogP contribution in [0, 0.1) is 0 Å². The fraction of sp³-hybridized carbons (Fsp3) is 0.400. The molecular formula is C10H15NO3. The van der Waals surface area contributed by atoms with Gasteiger partial charge in [0.2, 0.25) is 0 Å². The first kappa shape index (κ1) is 12.4. The minimum Gasteiger partial charge on any atom is -0.449 e. The summed E-state index contributed by atoms with van der Waals surface area (Å²) in [5.41, 5.74) is 0.272. The molecule has 0 spiro atoms. The van der Waals surface area contributed by atoms with Gasteiger partial charge in [-0.25, -0.2) is 4.79 Å². The van der Waals surface area contributed by atoms with Crippen LogP contribution in [0.5, 0.6) is 0 Å². The highest BCUT2D eigenvalue weighted by atomic mass is 16.5. The summed E-state index contributed by atoms with van der Waals surface area (Å²) in [4.78, 5) is 22.2. The van der Waals surface area contributed by atoms with E-state index < -0.39 is 12.1 Å². The van der Waals surface area contributed by atoms with Crippen LogP contribution in [-0.2, 0) is 14.3 Å². The fourth-order valence-corrected chi connectivity index (χ4v) is 0.631. The fourth-order valence-electron chi connectivity index (χ4n) is 0.631. The van der Waals surface area contributed by atoms with Crippen molar-refractivity contribution in [3.8, 4) is 0 Å². The molecule has 0 aliphatic heterocycles. The molecule has 0 bridgehead atoms. The van der Waals surface area contributed by atoms with Crippen LogP contribution in [0.2, 0.25) is 0 Å². The van der Waals surface area contributed by atoms with Gasteiger partial charge in [-0.05, 0) is 13.8 Å². The Bertz CT molecular complexity index is 258. The van der Waals surface area contributed by atoms with E-state index in [9.17, 15) is 9.59 Å². The monoisotopic (exact) mass is 197 g/mol. The van der Waals surface area contributed by atoms with Crippen molar-refractivity contribution in [2.24, 2.45) is 0 Å². The third-order valence-corrected chi connectivity index (χ3v) is 1.42. The first-order chi connectivity index (χ1) is 6.49. The van der Waals surface area contributed by atoms with Crippen LogP contribution in [-0.4, -0.2) is 24.5 Å². The summed E-state index contributed by atoms with van der Waals surface area (Å²) in [7, 11) is 0. The van der Waals surface area contributed by atoms with Crippen LogP contribution in [0.4, 0.5) is 0 Å². The van der Waals surface area contributed by atoms with Crippen molar-refractivity contribution in [2.45, 2.75) is 20.0 Å². The largest absolute Gasteiger partial charge is 0.449 e. The van der Waals surface area contributed by atoms with Crippen LogP contribution >= 0.6 is 0 Å². The summed E-state index contributed by atoms with van der Waals surface area (Å²) >= 11 is 0. The van der Waals surface area contributed by atoms with E-state index in [1.54, 1.807) is 6.08 Å². The maximum atomic E-state index is 11.2. The van der Waals surface area contributed by atoms with Crippen LogP contribution in [0.3, 0.4) is 0 Å². The molecule has 1 unspecified atom stereocenters. The summed E-state index contributed by atoms with van der Waals surface area (Å²) in [6.45, 7) is 10.2. The Morgan fingerprint density at radius 1 is 1.57 bits per heavy atom. The zero-order chi connectivity index (χ0) is 11.1. The lowest BCUT2D eigenvalue weighted by Gasteiger charge is -2.12. The summed E-state index contributed by atoms with van der Waals surface area (Å²) in [6.07, 6.45) is 0.740. The molecule has 0 saturated heterocycles. The quantitative estimate of drug-likeness (QED) is 0.403. The van der Waals surface area contributed by atoms with Gasteiger partial charge < -0.3 is 10.1 Å². The van der Waals surface area contributed by atoms with Crippen molar-refractivity contribution < 1.29 is 14.3 Å². The van der Waals surface area contributed by atoms with E-state index in [4.69, 9.17) is 4.74 Å². The van der Waals surface area contributed by atoms with Gasteiger partial charge in [-0.1, -0.05) is 12.7 Å². The molecule has 4 nitrogen and oxygen atoms in total. The summed E-state index contributed by atoms with van der Waals surface area (Å²) in [6, 6.07) is 0. The molecule has 0 aliphatic carbocycles. The summed E-state index contributed by atoms with van der Waals surface area (Å²) in [5, 5.41) is 2.51. The van der Waals surface area contributed by atoms with Gasteiger partial charge in [-0.3, -0.25) is 4.79 Å². The first-order valence-corrected chi connectivity index (χ1v) is 4.24. The van der Waals surface area contributed by atoms with Crippen molar-refractivity contribution in [2.75, 3.05) is 6.54 Å². The number of carbonyl (C=O) groups is 2. The summed E-state index contributed by atoms with van der Waals surface area (Å²) < 4.78 is 4.79. The average Bonchev–Trinajstić information content (AvgIpc) is 2.13. The highest BCUT2D eigenvalue weighted by Gasteiger charge is 2.16. The third-order valence-electron chi connectivity index (χ3n) is 1.42. The van der Waals surface area contributed by atoms with E-state index in [1.165, 1.54) is 13.8 Å². The molecular weight excluding hydrogens is 182 g/mol. The Hall–Kier alpha value is -1.58. The minimum absolute atomic E-state index is 0.272. The number of amides is 1. The minimum atomic E-state index is -0.806. The molecule has 0 aliphatic rings. The predicted molar refractivity (Wildman–Crippen MR) is 53.6 cm³/mol. The Morgan fingerprint density at radius 3 is 2.57 bits per heavy atom.